The van der Waals surface area contributed by atoms with Crippen molar-refractivity contribution < 1.29 is 13.3 Å². The van der Waals surface area contributed by atoms with Crippen molar-refractivity contribution in [2.24, 2.45) is 0 Å². The Morgan fingerprint density at radius 3 is 0.681 bits per heavy atom. The third-order valence-corrected chi connectivity index (χ3v) is 25.7. The van der Waals surface area contributed by atoms with Gasteiger partial charge in [0.1, 0.15) is 34.0 Å². The van der Waals surface area contributed by atoms with E-state index in [1.54, 1.807) is 0 Å². The standard InChI is InChI=1S/2C42H27N3O.C41H26N4O/c1-4-13-28(14-5-1)35-27-36(29-15-6-2-7-16-29)44-42(43-35)32-19-12-20-33(25-32)45-37-22-11-10-21-34(37)40-38(45)24-23-31-26-39(46-41(31)40)30-17-8-3-9-18-30;1-4-13-28(14-5-1)35-27-36(44-42(43-35)30-17-8-3-9-18-30)31-19-12-20-33(25-31)45-37-22-11-10-21-34(37)40-38(45)24-23-32-26-39(46-41(32)40)29-15-6-2-7-16-29;1-4-13-27(14-5-1)36-26-30-23-24-35-37(38(30)46-36)33-21-10-11-22-34(33)45(35)32-20-12-19-31(25-32)41-43-39(28-15-6-2-7-16-28)42-40(44-41)29-17-8-3-9-18-29/h2*1-27H;1-26H. The van der Waals surface area contributed by atoms with Crippen molar-refractivity contribution in [3.8, 4) is 153 Å². The summed E-state index contributed by atoms with van der Waals surface area (Å²) in [6, 6.07) is 167. The molecule has 0 amide bonds. The maximum atomic E-state index is 6.60. The smallest absolute Gasteiger partial charge is 0.164 e. The zero-order valence-electron chi connectivity index (χ0n) is 74.4. The van der Waals surface area contributed by atoms with E-state index in [9.17, 15) is 0 Å². The average Bonchev–Trinajstić information content (AvgIpc) is 1.58. The highest BCUT2D eigenvalue weighted by Gasteiger charge is 2.26. The fourth-order valence-electron chi connectivity index (χ4n) is 19.2. The van der Waals surface area contributed by atoms with Crippen molar-refractivity contribution in [1.82, 2.24) is 48.6 Å². The molecule has 0 unspecified atom stereocenters. The molecule has 0 aliphatic rings. The molecule has 9 heterocycles. The van der Waals surface area contributed by atoms with Gasteiger partial charge in [-0.15, -0.1) is 0 Å². The summed E-state index contributed by atoms with van der Waals surface area (Å²) in [6.45, 7) is 0. The van der Waals surface area contributed by atoms with Gasteiger partial charge in [0.15, 0.2) is 29.1 Å². The lowest BCUT2D eigenvalue weighted by Gasteiger charge is -2.12. The minimum atomic E-state index is 0.622. The number of para-hydroxylation sites is 3. The number of benzene rings is 18. The van der Waals surface area contributed by atoms with Crippen molar-refractivity contribution in [1.29, 1.82) is 0 Å². The summed E-state index contributed by atoms with van der Waals surface area (Å²) in [5, 5.41) is 10.0. The first-order valence-electron chi connectivity index (χ1n) is 46.1. The lowest BCUT2D eigenvalue weighted by molar-refractivity contribution is 0.635. The van der Waals surface area contributed by atoms with Crippen molar-refractivity contribution in [3.63, 3.8) is 0 Å². The molecule has 0 spiro atoms. The third-order valence-electron chi connectivity index (χ3n) is 25.7. The topological polar surface area (TPSA) is 144 Å². The van der Waals surface area contributed by atoms with Gasteiger partial charge in [0, 0.05) is 116 Å². The summed E-state index contributed by atoms with van der Waals surface area (Å²) in [7, 11) is 0. The molecule has 18 aromatic carbocycles. The minimum absolute atomic E-state index is 0.622. The second-order valence-electron chi connectivity index (χ2n) is 34.2. The lowest BCUT2D eigenvalue weighted by atomic mass is 10.1. The van der Waals surface area contributed by atoms with E-state index in [0.29, 0.717) is 29.1 Å². The predicted octanol–water partition coefficient (Wildman–Crippen LogP) is 32.4. The highest BCUT2D eigenvalue weighted by atomic mass is 16.3. The van der Waals surface area contributed by atoms with Gasteiger partial charge in [0.2, 0.25) is 0 Å². The average molecular weight is 1770 g/mol. The second kappa shape index (κ2) is 35.0. The molecule has 27 aromatic rings. The molecule has 138 heavy (non-hydrogen) atoms. The first-order valence-corrected chi connectivity index (χ1v) is 46.1. The number of nitrogens with zero attached hydrogens (tertiary/aromatic N) is 10. The van der Waals surface area contributed by atoms with Crippen LogP contribution in [0, 0.1) is 0 Å². The van der Waals surface area contributed by atoms with E-state index >= 15 is 0 Å². The molecule has 9 aromatic heterocycles. The number of hydrogen-bond acceptors (Lipinski definition) is 10. The van der Waals surface area contributed by atoms with Gasteiger partial charge in [-0.2, -0.15) is 0 Å². The van der Waals surface area contributed by atoms with E-state index in [4.69, 9.17) is 48.1 Å². The van der Waals surface area contributed by atoms with Crippen molar-refractivity contribution in [3.05, 3.63) is 485 Å². The summed E-state index contributed by atoms with van der Waals surface area (Å²) < 4.78 is 26.7. The monoisotopic (exact) mass is 1770 g/mol. The molecular formula is C125H80N10O3. The first-order chi connectivity index (χ1) is 68.4. The molecule has 0 bridgehead atoms. The molecule has 0 radical (unpaired) electrons. The molecule has 0 saturated heterocycles. The van der Waals surface area contributed by atoms with Gasteiger partial charge in [-0.25, -0.2) is 34.9 Å². The molecular weight excluding hydrogens is 1690 g/mol. The van der Waals surface area contributed by atoms with Gasteiger partial charge >= 0.3 is 0 Å². The Labute approximate surface area is 793 Å². The van der Waals surface area contributed by atoms with E-state index in [2.05, 4.69) is 311 Å². The van der Waals surface area contributed by atoms with E-state index in [1.807, 2.05) is 188 Å². The summed E-state index contributed by atoms with van der Waals surface area (Å²) in [5.74, 6) is 5.89. The van der Waals surface area contributed by atoms with Gasteiger partial charge in [0.05, 0.1) is 72.0 Å². The van der Waals surface area contributed by atoms with Crippen molar-refractivity contribution in [2.75, 3.05) is 0 Å². The normalized spacial score (nSPS) is 11.5. The molecule has 0 fully saturated rings. The fourth-order valence-corrected chi connectivity index (χ4v) is 19.2. The number of hydrogen-bond donors (Lipinski definition) is 0. The van der Waals surface area contributed by atoms with Crippen LogP contribution < -0.4 is 0 Å². The summed E-state index contributed by atoms with van der Waals surface area (Å²) >= 11 is 0. The van der Waals surface area contributed by atoms with Crippen LogP contribution in [-0.4, -0.2) is 48.6 Å². The molecule has 0 atom stereocenters. The second-order valence-corrected chi connectivity index (χ2v) is 34.2. The molecule has 13 heteroatoms. The molecule has 0 aliphatic heterocycles. The SMILES string of the molecule is c1ccc(-c2cc(-c3cccc(-n4c5ccccc5c5c6oc(-c7ccccc7)cc6ccc54)c3)nc(-c3ccccc3)n2)cc1.c1ccc(-c2cc(-c3ccccc3)nc(-c3cccc(-n4c5ccccc5c5c6oc(-c7ccccc7)cc6ccc54)c3)n2)cc1.c1ccc(-c2nc(-c3ccccc3)nc(-c3cccc(-n4c5ccccc5c5c6oc(-c7ccccc7)cc6ccc54)c3)n2)cc1. The van der Waals surface area contributed by atoms with E-state index in [1.165, 1.54) is 0 Å². The molecule has 0 N–H and O–H groups in total. The quantitative estimate of drug-likeness (QED) is 0.0972. The zero-order valence-corrected chi connectivity index (χ0v) is 74.4. The highest BCUT2D eigenvalue weighted by Crippen LogP contribution is 2.46. The van der Waals surface area contributed by atoms with E-state index in [-0.39, 0.29) is 0 Å². The van der Waals surface area contributed by atoms with Crippen LogP contribution in [0.3, 0.4) is 0 Å². The molecule has 0 aliphatic carbocycles. The molecule has 648 valence electrons. The number of fused-ring (bicyclic) bond motifs is 15. The van der Waals surface area contributed by atoms with Crippen LogP contribution in [-0.2, 0) is 0 Å². The van der Waals surface area contributed by atoms with E-state index in [0.717, 1.165) is 222 Å². The van der Waals surface area contributed by atoms with Crippen LogP contribution in [0.25, 0.3) is 251 Å². The summed E-state index contributed by atoms with van der Waals surface area (Å²) in [4.78, 5) is 35.0. The molecule has 0 saturated carbocycles. The van der Waals surface area contributed by atoms with Crippen LogP contribution in [0.1, 0.15) is 0 Å². The Hall–Kier alpha value is -18.9. The van der Waals surface area contributed by atoms with Crippen LogP contribution in [0.2, 0.25) is 0 Å². The Bertz CT molecular complexity index is 8220. The maximum Gasteiger partial charge on any atom is 0.164 e. The van der Waals surface area contributed by atoms with Gasteiger partial charge in [0.25, 0.3) is 0 Å². The van der Waals surface area contributed by atoms with Crippen LogP contribution in [0.4, 0.5) is 0 Å². The van der Waals surface area contributed by atoms with Crippen LogP contribution in [0.5, 0.6) is 0 Å². The summed E-state index contributed by atoms with van der Waals surface area (Å²) in [5.41, 5.74) is 28.0. The fraction of sp³-hybridized carbons (Fsp3) is 0. The minimum Gasteiger partial charge on any atom is -0.455 e. The number of rotatable bonds is 15. The molecule has 13 nitrogen and oxygen atoms in total. The van der Waals surface area contributed by atoms with Crippen molar-refractivity contribution in [2.45, 2.75) is 0 Å². The Kier molecular flexibility index (Phi) is 20.6. The number of aromatic nitrogens is 10. The van der Waals surface area contributed by atoms with Crippen molar-refractivity contribution >= 4 is 98.3 Å². The van der Waals surface area contributed by atoms with Gasteiger partial charge in [-0.3, -0.25) is 0 Å². The lowest BCUT2D eigenvalue weighted by Crippen LogP contribution is -2.01. The van der Waals surface area contributed by atoms with Gasteiger partial charge in [-0.1, -0.05) is 364 Å². The number of furan rings is 3. The Morgan fingerprint density at radius 2 is 0.377 bits per heavy atom. The molecule has 27 rings (SSSR count). The van der Waals surface area contributed by atoms with Crippen LogP contribution >= 0.6 is 0 Å². The van der Waals surface area contributed by atoms with Gasteiger partial charge in [-0.05, 0) is 121 Å². The predicted molar refractivity (Wildman–Crippen MR) is 561 cm³/mol. The first kappa shape index (κ1) is 81.2. The maximum absolute atomic E-state index is 6.60. The largest absolute Gasteiger partial charge is 0.455 e. The van der Waals surface area contributed by atoms with Crippen LogP contribution in [0.15, 0.2) is 499 Å². The third kappa shape index (κ3) is 15.1. The van der Waals surface area contributed by atoms with Gasteiger partial charge < -0.3 is 27.0 Å². The highest BCUT2D eigenvalue weighted by molar-refractivity contribution is 6.23. The Balaban J connectivity index is 0.000000110. The summed E-state index contributed by atoms with van der Waals surface area (Å²) in [6.07, 6.45) is 0. The zero-order chi connectivity index (χ0) is 91.4. The Morgan fingerprint density at radius 1 is 0.152 bits per heavy atom. The van der Waals surface area contributed by atoms with E-state index < -0.39 is 0 Å².